The molecule has 3 nitrogen and oxygen atoms in total. The highest BCUT2D eigenvalue weighted by molar-refractivity contribution is 6.42. The summed E-state index contributed by atoms with van der Waals surface area (Å²) in [6.07, 6.45) is 1.43. The van der Waals surface area contributed by atoms with E-state index in [1.165, 1.54) is 13.3 Å². The minimum Gasteiger partial charge on any atom is -0.479 e. The third-order valence-corrected chi connectivity index (χ3v) is 0.977. The van der Waals surface area contributed by atoms with Crippen LogP contribution in [0.5, 0.6) is 0 Å². The summed E-state index contributed by atoms with van der Waals surface area (Å²) in [5.74, 6) is 0.381. The predicted molar refractivity (Wildman–Crippen MR) is 30.5 cm³/mol. The van der Waals surface area contributed by atoms with Gasteiger partial charge < -0.3 is 4.74 Å². The summed E-state index contributed by atoms with van der Waals surface area (Å²) in [5.41, 5.74) is 3.49. The lowest BCUT2D eigenvalue weighted by Crippen LogP contribution is -1.96. The van der Waals surface area contributed by atoms with Gasteiger partial charge in [-0.1, -0.05) is 11.6 Å². The van der Waals surface area contributed by atoms with Crippen molar-refractivity contribution in [3.8, 4) is 0 Å². The van der Waals surface area contributed by atoms with Gasteiger partial charge in [0.1, 0.15) is 5.03 Å². The molecule has 1 heterocycles. The molecule has 0 unspecified atom stereocenters. The standard InChI is InChI=1S/C4H4ClN2O/c1-8-4-3(5)2-6-7-4/h2H,1H3. The van der Waals surface area contributed by atoms with E-state index in [0.29, 0.717) is 10.9 Å². The molecule has 0 fully saturated rings. The molecule has 8 heavy (non-hydrogen) atoms. The van der Waals surface area contributed by atoms with Gasteiger partial charge in [-0.05, 0) is 0 Å². The second-order valence-corrected chi connectivity index (χ2v) is 1.61. The van der Waals surface area contributed by atoms with Crippen molar-refractivity contribution in [2.75, 3.05) is 7.11 Å². The fraction of sp³-hybridized carbons (Fsp3) is 0.250. The van der Waals surface area contributed by atoms with E-state index in [4.69, 9.17) is 11.6 Å². The zero-order valence-corrected chi connectivity index (χ0v) is 5.01. The fourth-order valence-corrected chi connectivity index (χ4v) is 0.532. The molecule has 4 heteroatoms. The molecule has 0 aliphatic carbocycles. The Morgan fingerprint density at radius 3 is 2.75 bits per heavy atom. The van der Waals surface area contributed by atoms with Gasteiger partial charge in [0.25, 0.3) is 5.90 Å². The Labute approximate surface area is 52.0 Å². The Kier molecular flexibility index (Phi) is 1.39. The van der Waals surface area contributed by atoms with Crippen molar-refractivity contribution >= 4 is 17.5 Å². The average Bonchev–Trinajstić information content (AvgIpc) is 2.14. The minimum atomic E-state index is 0.381. The first-order chi connectivity index (χ1) is 3.84. The summed E-state index contributed by atoms with van der Waals surface area (Å²) in [6.45, 7) is 0. The maximum atomic E-state index is 5.49. The summed E-state index contributed by atoms with van der Waals surface area (Å²) < 4.78 is 4.68. The summed E-state index contributed by atoms with van der Waals surface area (Å²) in [6, 6.07) is 0. The summed E-state index contributed by atoms with van der Waals surface area (Å²) in [5, 5.41) is 3.98. The van der Waals surface area contributed by atoms with Gasteiger partial charge in [0.15, 0.2) is 0 Å². The maximum Gasteiger partial charge on any atom is 0.253 e. The van der Waals surface area contributed by atoms with Gasteiger partial charge in [-0.25, -0.2) is 0 Å². The topological polar surface area (TPSA) is 35.7 Å². The molecular weight excluding hydrogens is 128 g/mol. The van der Waals surface area contributed by atoms with Gasteiger partial charge in [0.2, 0.25) is 0 Å². The molecule has 0 bridgehead atoms. The van der Waals surface area contributed by atoms with Crippen LogP contribution >= 0.6 is 11.6 Å². The third-order valence-electron chi connectivity index (χ3n) is 0.717. The number of hydrogen-bond acceptors (Lipinski definition) is 2. The van der Waals surface area contributed by atoms with Crippen LogP contribution in [-0.2, 0) is 4.74 Å². The molecule has 1 radical (unpaired) electrons. The van der Waals surface area contributed by atoms with E-state index in [-0.39, 0.29) is 0 Å². The third kappa shape index (κ3) is 0.767. The Morgan fingerprint density at radius 2 is 2.50 bits per heavy atom. The van der Waals surface area contributed by atoms with Gasteiger partial charge in [0.05, 0.1) is 13.3 Å². The van der Waals surface area contributed by atoms with Gasteiger partial charge in [-0.3, -0.25) is 0 Å². The van der Waals surface area contributed by atoms with Gasteiger partial charge in [-0.15, -0.1) is 5.10 Å². The average molecular weight is 132 g/mol. The van der Waals surface area contributed by atoms with Gasteiger partial charge in [0, 0.05) is 0 Å². The Morgan fingerprint density at radius 1 is 1.75 bits per heavy atom. The highest BCUT2D eigenvalue weighted by Crippen LogP contribution is 2.08. The van der Waals surface area contributed by atoms with Crippen molar-refractivity contribution in [2.45, 2.75) is 0 Å². The summed E-state index contributed by atoms with van der Waals surface area (Å²) in [4.78, 5) is 0. The Bertz CT molecular complexity index is 152. The van der Waals surface area contributed by atoms with Crippen LogP contribution in [0.1, 0.15) is 0 Å². The van der Waals surface area contributed by atoms with Crippen LogP contribution in [-0.4, -0.2) is 13.0 Å². The molecule has 43 valence electrons. The number of ether oxygens (including phenoxy) is 1. The normalized spacial score (nSPS) is 16.8. The first kappa shape index (κ1) is 5.44. The van der Waals surface area contributed by atoms with E-state index >= 15 is 0 Å². The Hall–Kier alpha value is -0.700. The van der Waals surface area contributed by atoms with E-state index in [1.807, 2.05) is 0 Å². The SMILES string of the molecule is COC1=N[N]C=C1Cl. The molecule has 1 aliphatic rings. The molecule has 0 saturated carbocycles. The zero-order chi connectivity index (χ0) is 5.98. The monoisotopic (exact) mass is 131 g/mol. The van der Waals surface area contributed by atoms with Crippen LogP contribution in [0.2, 0.25) is 0 Å². The second kappa shape index (κ2) is 2.05. The first-order valence-corrected chi connectivity index (χ1v) is 2.40. The van der Waals surface area contributed by atoms with Gasteiger partial charge in [-0.2, -0.15) is 5.43 Å². The first-order valence-electron chi connectivity index (χ1n) is 2.02. The van der Waals surface area contributed by atoms with E-state index in [0.717, 1.165) is 0 Å². The lowest BCUT2D eigenvalue weighted by Gasteiger charge is -1.91. The highest BCUT2D eigenvalue weighted by atomic mass is 35.5. The molecular formula is C4H4ClN2O. The predicted octanol–water partition coefficient (Wildman–Crippen LogP) is 0.644. The molecule has 0 aromatic heterocycles. The molecule has 1 aliphatic heterocycles. The van der Waals surface area contributed by atoms with Crippen LogP contribution in [0.25, 0.3) is 0 Å². The quantitative estimate of drug-likeness (QED) is 0.475. The van der Waals surface area contributed by atoms with Crippen molar-refractivity contribution in [3.05, 3.63) is 11.2 Å². The van der Waals surface area contributed by atoms with E-state index < -0.39 is 0 Å². The number of rotatable bonds is 0. The van der Waals surface area contributed by atoms with Crippen molar-refractivity contribution in [1.82, 2.24) is 5.43 Å². The van der Waals surface area contributed by atoms with Crippen molar-refractivity contribution in [3.63, 3.8) is 0 Å². The van der Waals surface area contributed by atoms with Crippen LogP contribution in [0.4, 0.5) is 0 Å². The Balaban J connectivity index is 2.66. The van der Waals surface area contributed by atoms with Crippen LogP contribution < -0.4 is 5.43 Å². The zero-order valence-electron chi connectivity index (χ0n) is 4.26. The smallest absolute Gasteiger partial charge is 0.253 e. The van der Waals surface area contributed by atoms with Crippen molar-refractivity contribution in [2.24, 2.45) is 5.10 Å². The molecule has 0 atom stereocenters. The number of methoxy groups -OCH3 is 1. The fourth-order valence-electron chi connectivity index (χ4n) is 0.373. The molecule has 0 N–H and O–H groups in total. The minimum absolute atomic E-state index is 0.381. The second-order valence-electron chi connectivity index (χ2n) is 1.20. The number of nitrogens with zero attached hydrogens (tertiary/aromatic N) is 2. The highest BCUT2D eigenvalue weighted by Gasteiger charge is 2.08. The van der Waals surface area contributed by atoms with E-state index in [1.54, 1.807) is 0 Å². The van der Waals surface area contributed by atoms with Crippen molar-refractivity contribution < 1.29 is 4.74 Å². The van der Waals surface area contributed by atoms with Crippen molar-refractivity contribution in [1.29, 1.82) is 0 Å². The molecule has 0 aromatic carbocycles. The lowest BCUT2D eigenvalue weighted by atomic mass is 10.6. The molecule has 0 amide bonds. The van der Waals surface area contributed by atoms with Gasteiger partial charge >= 0.3 is 0 Å². The lowest BCUT2D eigenvalue weighted by molar-refractivity contribution is 0.404. The van der Waals surface area contributed by atoms with E-state index in [9.17, 15) is 0 Å². The number of halogens is 1. The van der Waals surface area contributed by atoms with E-state index in [2.05, 4.69) is 15.3 Å². The van der Waals surface area contributed by atoms with Crippen LogP contribution in [0.3, 0.4) is 0 Å². The molecule has 1 rings (SSSR count). The largest absolute Gasteiger partial charge is 0.479 e. The van der Waals surface area contributed by atoms with Crippen LogP contribution in [0, 0.1) is 0 Å². The molecule has 0 saturated heterocycles. The summed E-state index contributed by atoms with van der Waals surface area (Å²) >= 11 is 5.49. The molecule has 0 spiro atoms. The number of hydrogen-bond donors (Lipinski definition) is 0. The molecule has 0 aromatic rings. The summed E-state index contributed by atoms with van der Waals surface area (Å²) in [7, 11) is 1.50. The maximum absolute atomic E-state index is 5.49. The van der Waals surface area contributed by atoms with Crippen LogP contribution in [0.15, 0.2) is 16.3 Å².